The first kappa shape index (κ1) is 9.45. The Hall–Kier alpha value is -2.10. The normalized spacial score (nSPS) is 10.2. The molecule has 0 fully saturated rings. The summed E-state index contributed by atoms with van der Waals surface area (Å²) in [6.07, 6.45) is 1.60. The van der Waals surface area contributed by atoms with Gasteiger partial charge in [-0.3, -0.25) is 0 Å². The van der Waals surface area contributed by atoms with Gasteiger partial charge in [0.25, 0.3) is 0 Å². The first-order valence-corrected chi connectivity index (χ1v) is 4.45. The lowest BCUT2D eigenvalue weighted by atomic mass is 10.2. The molecule has 76 valence electrons. The van der Waals surface area contributed by atoms with E-state index in [9.17, 15) is 4.79 Å². The summed E-state index contributed by atoms with van der Waals surface area (Å²) in [5.41, 5.74) is 1.87. The summed E-state index contributed by atoms with van der Waals surface area (Å²) < 4.78 is 4.67. The minimum atomic E-state index is -0.386. The summed E-state index contributed by atoms with van der Waals surface area (Å²) in [4.78, 5) is 18.7. The molecule has 0 atom stereocenters. The molecule has 2 aromatic rings. The largest absolute Gasteiger partial charge is 0.465 e. The molecule has 4 heteroatoms. The van der Waals surface area contributed by atoms with E-state index in [0.717, 1.165) is 5.52 Å². The third-order valence-corrected chi connectivity index (χ3v) is 2.13. The average Bonchev–Trinajstić information content (AvgIpc) is 2.70. The summed E-state index contributed by atoms with van der Waals surface area (Å²) >= 11 is 0. The Labute approximate surface area is 86.6 Å². The van der Waals surface area contributed by atoms with Crippen molar-refractivity contribution < 1.29 is 9.53 Å². The number of hydrogen-bond donors (Lipinski definition) is 1. The molecule has 0 aliphatic heterocycles. The van der Waals surface area contributed by atoms with E-state index >= 15 is 0 Å². The summed E-state index contributed by atoms with van der Waals surface area (Å²) in [5.74, 6) is 0.254. The number of ether oxygens (including phenoxy) is 1. The molecule has 0 bridgehead atoms. The van der Waals surface area contributed by atoms with Gasteiger partial charge >= 0.3 is 5.97 Å². The van der Waals surface area contributed by atoms with Gasteiger partial charge < -0.3 is 9.72 Å². The third-order valence-electron chi connectivity index (χ3n) is 2.13. The molecule has 0 saturated heterocycles. The summed E-state index contributed by atoms with van der Waals surface area (Å²) in [7, 11) is 1.35. The molecule has 0 spiro atoms. The number of benzene rings is 1. The van der Waals surface area contributed by atoms with Gasteiger partial charge in [-0.15, -0.1) is 0 Å². The van der Waals surface area contributed by atoms with Crippen molar-refractivity contribution in [2.24, 2.45) is 0 Å². The van der Waals surface area contributed by atoms with Crippen LogP contribution in [0, 0.1) is 0 Å². The predicted octanol–water partition coefficient (Wildman–Crippen LogP) is 1.99. The molecule has 0 saturated carbocycles. The zero-order valence-corrected chi connectivity index (χ0v) is 8.28. The molecular formula is C11H10N2O2. The van der Waals surface area contributed by atoms with E-state index in [1.54, 1.807) is 18.2 Å². The zero-order chi connectivity index (χ0) is 10.8. The number of H-pyrrole nitrogens is 1. The molecule has 1 aromatic heterocycles. The number of nitrogens with one attached hydrogen (secondary N) is 1. The third kappa shape index (κ3) is 1.50. The number of imidazole rings is 1. The van der Waals surface area contributed by atoms with Gasteiger partial charge in [-0.2, -0.15) is 0 Å². The van der Waals surface area contributed by atoms with E-state index in [-0.39, 0.29) is 5.97 Å². The molecule has 0 radical (unpaired) electrons. The van der Waals surface area contributed by atoms with Crippen LogP contribution in [0.5, 0.6) is 0 Å². The highest BCUT2D eigenvalue weighted by atomic mass is 16.5. The molecule has 0 amide bonds. The van der Waals surface area contributed by atoms with Crippen LogP contribution >= 0.6 is 0 Å². The standard InChI is InChI=1S/C11H10N2O2/c1-3-9-12-8-6-4-5-7(10(8)13-9)11(14)15-2/h3-6H,1H2,2H3,(H,12,13). The lowest BCUT2D eigenvalue weighted by Gasteiger charge is -1.98. The molecule has 1 heterocycles. The highest BCUT2D eigenvalue weighted by Gasteiger charge is 2.12. The number of esters is 1. The Balaban J connectivity index is 2.69. The number of nitrogens with zero attached hydrogens (tertiary/aromatic N) is 1. The van der Waals surface area contributed by atoms with Gasteiger partial charge in [-0.1, -0.05) is 12.6 Å². The van der Waals surface area contributed by atoms with E-state index in [2.05, 4.69) is 21.3 Å². The molecule has 4 nitrogen and oxygen atoms in total. The van der Waals surface area contributed by atoms with Crippen LogP contribution in [-0.4, -0.2) is 23.0 Å². The monoisotopic (exact) mass is 202 g/mol. The van der Waals surface area contributed by atoms with Gasteiger partial charge in [0.2, 0.25) is 0 Å². The van der Waals surface area contributed by atoms with Crippen LogP contribution < -0.4 is 0 Å². The van der Waals surface area contributed by atoms with Crippen LogP contribution in [-0.2, 0) is 4.74 Å². The molecule has 1 aromatic carbocycles. The van der Waals surface area contributed by atoms with Gasteiger partial charge in [-0.05, 0) is 18.2 Å². The van der Waals surface area contributed by atoms with Gasteiger partial charge in [-0.25, -0.2) is 9.78 Å². The number of fused-ring (bicyclic) bond motifs is 1. The maximum absolute atomic E-state index is 11.4. The van der Waals surface area contributed by atoms with Crippen molar-refractivity contribution in [2.75, 3.05) is 7.11 Å². The zero-order valence-electron chi connectivity index (χ0n) is 8.28. The Morgan fingerprint density at radius 2 is 2.40 bits per heavy atom. The number of aromatic nitrogens is 2. The summed E-state index contributed by atoms with van der Waals surface area (Å²) in [5, 5.41) is 0. The van der Waals surface area contributed by atoms with E-state index in [4.69, 9.17) is 0 Å². The van der Waals surface area contributed by atoms with Crippen molar-refractivity contribution in [2.45, 2.75) is 0 Å². The Kier molecular flexibility index (Phi) is 2.25. The maximum atomic E-state index is 11.4. The minimum absolute atomic E-state index is 0.386. The highest BCUT2D eigenvalue weighted by molar-refractivity contribution is 6.02. The van der Waals surface area contributed by atoms with Crippen molar-refractivity contribution in [1.29, 1.82) is 0 Å². The Morgan fingerprint density at radius 3 is 3.07 bits per heavy atom. The Bertz CT molecular complexity index is 528. The fourth-order valence-corrected chi connectivity index (χ4v) is 1.42. The lowest BCUT2D eigenvalue weighted by molar-refractivity contribution is 0.0603. The van der Waals surface area contributed by atoms with Gasteiger partial charge in [0, 0.05) is 0 Å². The first-order chi connectivity index (χ1) is 7.26. The summed E-state index contributed by atoms with van der Waals surface area (Å²) in [6.45, 7) is 3.61. The number of hydrogen-bond acceptors (Lipinski definition) is 3. The van der Waals surface area contributed by atoms with Crippen molar-refractivity contribution in [3.63, 3.8) is 0 Å². The number of aromatic amines is 1. The van der Waals surface area contributed by atoms with E-state index in [1.807, 2.05) is 6.07 Å². The SMILES string of the molecule is C=Cc1nc2c(C(=O)OC)cccc2[nH]1. The van der Waals surface area contributed by atoms with Gasteiger partial charge in [0.15, 0.2) is 0 Å². The maximum Gasteiger partial charge on any atom is 0.340 e. The van der Waals surface area contributed by atoms with Crippen LogP contribution in [0.3, 0.4) is 0 Å². The van der Waals surface area contributed by atoms with E-state index < -0.39 is 0 Å². The molecule has 0 unspecified atom stereocenters. The fourth-order valence-electron chi connectivity index (χ4n) is 1.42. The van der Waals surface area contributed by atoms with Crippen molar-refractivity contribution in [3.8, 4) is 0 Å². The van der Waals surface area contributed by atoms with Crippen LogP contribution in [0.2, 0.25) is 0 Å². The van der Waals surface area contributed by atoms with Gasteiger partial charge in [0.05, 0.1) is 18.2 Å². The molecular weight excluding hydrogens is 192 g/mol. The van der Waals surface area contributed by atoms with E-state index in [0.29, 0.717) is 16.9 Å². The van der Waals surface area contributed by atoms with Crippen LogP contribution in [0.15, 0.2) is 24.8 Å². The number of methoxy groups -OCH3 is 1. The quantitative estimate of drug-likeness (QED) is 0.757. The van der Waals surface area contributed by atoms with Crippen LogP contribution in [0.25, 0.3) is 17.1 Å². The molecule has 0 aliphatic rings. The molecule has 15 heavy (non-hydrogen) atoms. The summed E-state index contributed by atoms with van der Waals surface area (Å²) in [6, 6.07) is 5.31. The number of para-hydroxylation sites is 1. The van der Waals surface area contributed by atoms with Crippen LogP contribution in [0.1, 0.15) is 16.2 Å². The average molecular weight is 202 g/mol. The minimum Gasteiger partial charge on any atom is -0.465 e. The second-order valence-electron chi connectivity index (χ2n) is 3.02. The molecule has 2 rings (SSSR count). The van der Waals surface area contributed by atoms with Crippen molar-refractivity contribution in [3.05, 3.63) is 36.2 Å². The Morgan fingerprint density at radius 1 is 1.60 bits per heavy atom. The number of carbonyl (C=O) groups excluding carboxylic acids is 1. The van der Waals surface area contributed by atoms with Crippen LogP contribution in [0.4, 0.5) is 0 Å². The topological polar surface area (TPSA) is 55.0 Å². The smallest absolute Gasteiger partial charge is 0.340 e. The first-order valence-electron chi connectivity index (χ1n) is 4.45. The lowest BCUT2D eigenvalue weighted by Crippen LogP contribution is -2.01. The predicted molar refractivity (Wildman–Crippen MR) is 57.5 cm³/mol. The van der Waals surface area contributed by atoms with E-state index in [1.165, 1.54) is 7.11 Å². The second kappa shape index (κ2) is 3.57. The molecule has 0 aliphatic carbocycles. The molecule has 1 N–H and O–H groups in total. The highest BCUT2D eigenvalue weighted by Crippen LogP contribution is 2.17. The van der Waals surface area contributed by atoms with Gasteiger partial charge in [0.1, 0.15) is 11.3 Å². The second-order valence-corrected chi connectivity index (χ2v) is 3.02. The van der Waals surface area contributed by atoms with Crippen molar-refractivity contribution >= 4 is 23.1 Å². The fraction of sp³-hybridized carbons (Fsp3) is 0.0909. The number of rotatable bonds is 2. The number of carbonyl (C=O) groups is 1. The van der Waals surface area contributed by atoms with Crippen molar-refractivity contribution in [1.82, 2.24) is 9.97 Å².